The Hall–Kier alpha value is -3.54. The first-order chi connectivity index (χ1) is 15.1. The third-order valence-electron chi connectivity index (χ3n) is 6.40. The van der Waals surface area contributed by atoms with Gasteiger partial charge in [0, 0.05) is 59.1 Å². The number of benzene rings is 2. The lowest BCUT2D eigenvalue weighted by Gasteiger charge is -2.43. The molecular weight excluding hydrogens is 392 g/mol. The van der Waals surface area contributed by atoms with Gasteiger partial charge in [-0.25, -0.2) is 0 Å². The largest absolute Gasteiger partial charge is 0.317 e. The van der Waals surface area contributed by atoms with E-state index in [9.17, 15) is 19.7 Å². The molecule has 0 radical (unpaired) electrons. The van der Waals surface area contributed by atoms with Gasteiger partial charge in [0.15, 0.2) is 11.6 Å². The number of carbonyl (C=O) groups is 2. The molecule has 0 spiro atoms. The standard InChI is InChI=1S/C25H22N2O4/c28-21-13-5-11-19-24(21)23(16-7-4-10-18(15-16)27(30)31)25-20(12-6-14-22(25)29)26(19)17-8-2-1-3-9-17/h1-4,7-10,15,23H,5-6,11-14H2. The van der Waals surface area contributed by atoms with Gasteiger partial charge in [0.2, 0.25) is 0 Å². The molecule has 0 saturated heterocycles. The van der Waals surface area contributed by atoms with Crippen LogP contribution in [0.2, 0.25) is 0 Å². The Labute approximate surface area is 180 Å². The van der Waals surface area contributed by atoms with Crippen LogP contribution < -0.4 is 4.90 Å². The van der Waals surface area contributed by atoms with Gasteiger partial charge >= 0.3 is 0 Å². The molecule has 2 aromatic carbocycles. The highest BCUT2D eigenvalue weighted by Gasteiger charge is 2.43. The van der Waals surface area contributed by atoms with Crippen molar-refractivity contribution in [3.05, 3.63) is 92.8 Å². The molecule has 0 bridgehead atoms. The molecular formula is C25H22N2O4. The van der Waals surface area contributed by atoms with Gasteiger partial charge in [-0.3, -0.25) is 19.7 Å². The maximum absolute atomic E-state index is 13.2. The van der Waals surface area contributed by atoms with Crippen LogP contribution in [0.3, 0.4) is 0 Å². The maximum atomic E-state index is 13.2. The number of hydrogen-bond acceptors (Lipinski definition) is 5. The van der Waals surface area contributed by atoms with E-state index in [1.54, 1.807) is 12.1 Å². The van der Waals surface area contributed by atoms with E-state index in [1.807, 2.05) is 30.3 Å². The highest BCUT2D eigenvalue weighted by atomic mass is 16.6. The molecule has 5 rings (SSSR count). The molecule has 0 amide bonds. The topological polar surface area (TPSA) is 80.5 Å². The summed E-state index contributed by atoms with van der Waals surface area (Å²) in [6.07, 6.45) is 3.88. The Morgan fingerprint density at radius 1 is 0.806 bits per heavy atom. The summed E-state index contributed by atoms with van der Waals surface area (Å²) in [5.74, 6) is -0.474. The normalized spacial score (nSPS) is 19.4. The van der Waals surface area contributed by atoms with Gasteiger partial charge in [-0.1, -0.05) is 30.3 Å². The minimum absolute atomic E-state index is 0.0289. The van der Waals surface area contributed by atoms with Gasteiger partial charge in [0.05, 0.1) is 4.92 Å². The summed E-state index contributed by atoms with van der Waals surface area (Å²) < 4.78 is 0. The summed E-state index contributed by atoms with van der Waals surface area (Å²) >= 11 is 0. The number of hydrogen-bond donors (Lipinski definition) is 0. The fourth-order valence-electron chi connectivity index (χ4n) is 5.16. The van der Waals surface area contributed by atoms with Crippen LogP contribution in [0.4, 0.5) is 11.4 Å². The van der Waals surface area contributed by atoms with Crippen LogP contribution in [-0.4, -0.2) is 16.5 Å². The van der Waals surface area contributed by atoms with E-state index in [-0.39, 0.29) is 17.3 Å². The average molecular weight is 414 g/mol. The molecule has 1 aliphatic heterocycles. The van der Waals surface area contributed by atoms with Crippen molar-refractivity contribution in [2.45, 2.75) is 44.4 Å². The summed E-state index contributed by atoms with van der Waals surface area (Å²) in [4.78, 5) is 39.6. The van der Waals surface area contributed by atoms with E-state index >= 15 is 0 Å². The third kappa shape index (κ3) is 3.19. The second kappa shape index (κ2) is 7.61. The summed E-state index contributed by atoms with van der Waals surface area (Å²) in [6, 6.07) is 16.3. The molecule has 6 heteroatoms. The lowest BCUT2D eigenvalue weighted by atomic mass is 9.71. The second-order valence-electron chi connectivity index (χ2n) is 8.23. The van der Waals surface area contributed by atoms with E-state index in [1.165, 1.54) is 12.1 Å². The SMILES string of the molecule is O=C1CCCC2=C1C(c1cccc([N+](=O)[O-])c1)C1=C(CCCC1=O)N2c1ccccc1. The number of Topliss-reactive ketones (excluding diaryl/α,β-unsaturated/α-hetero) is 2. The summed E-state index contributed by atoms with van der Waals surface area (Å²) in [5, 5.41) is 11.4. The molecule has 0 N–H and O–H groups in total. The minimum atomic E-state index is -0.537. The Kier molecular flexibility index (Phi) is 4.77. The number of nitro benzene ring substituents is 1. The minimum Gasteiger partial charge on any atom is -0.317 e. The first-order valence-electron chi connectivity index (χ1n) is 10.7. The van der Waals surface area contributed by atoms with E-state index in [0.717, 1.165) is 42.8 Å². The molecule has 3 aliphatic rings. The first kappa shape index (κ1) is 19.4. The number of allylic oxidation sites excluding steroid dienone is 4. The van der Waals surface area contributed by atoms with E-state index < -0.39 is 10.8 Å². The molecule has 0 fully saturated rings. The second-order valence-corrected chi connectivity index (χ2v) is 8.23. The number of para-hydroxylation sites is 1. The van der Waals surface area contributed by atoms with Gasteiger partial charge in [-0.15, -0.1) is 0 Å². The summed E-state index contributed by atoms with van der Waals surface area (Å²) in [6.45, 7) is 0. The monoisotopic (exact) mass is 414 g/mol. The highest BCUT2D eigenvalue weighted by Crippen LogP contribution is 2.50. The molecule has 156 valence electrons. The van der Waals surface area contributed by atoms with Gasteiger partial charge in [0.25, 0.3) is 5.69 Å². The van der Waals surface area contributed by atoms with Gasteiger partial charge in [-0.2, -0.15) is 0 Å². The van der Waals surface area contributed by atoms with Crippen LogP contribution in [0.5, 0.6) is 0 Å². The number of rotatable bonds is 3. The molecule has 2 aliphatic carbocycles. The van der Waals surface area contributed by atoms with Crippen LogP contribution in [-0.2, 0) is 9.59 Å². The number of anilines is 1. The van der Waals surface area contributed by atoms with E-state index in [2.05, 4.69) is 4.90 Å². The molecule has 1 heterocycles. The van der Waals surface area contributed by atoms with Gasteiger partial charge in [0.1, 0.15) is 0 Å². The molecule has 0 aromatic heterocycles. The zero-order valence-corrected chi connectivity index (χ0v) is 17.0. The number of non-ortho nitro benzene ring substituents is 1. The molecule has 0 saturated carbocycles. The number of nitrogens with zero attached hydrogens (tertiary/aromatic N) is 2. The van der Waals surface area contributed by atoms with Crippen molar-refractivity contribution in [1.82, 2.24) is 0 Å². The molecule has 2 aromatic rings. The van der Waals surface area contributed by atoms with Gasteiger partial charge < -0.3 is 4.90 Å². The first-order valence-corrected chi connectivity index (χ1v) is 10.7. The zero-order valence-electron chi connectivity index (χ0n) is 17.0. The van der Waals surface area contributed by atoms with Crippen molar-refractivity contribution in [2.75, 3.05) is 4.90 Å². The van der Waals surface area contributed by atoms with Crippen LogP contribution in [0.15, 0.2) is 77.1 Å². The smallest absolute Gasteiger partial charge is 0.269 e. The fourth-order valence-corrected chi connectivity index (χ4v) is 5.16. The zero-order chi connectivity index (χ0) is 21.5. The number of ketones is 2. The molecule has 0 unspecified atom stereocenters. The van der Waals surface area contributed by atoms with E-state index in [0.29, 0.717) is 29.6 Å². The Bertz CT molecular complexity index is 1120. The summed E-state index contributed by atoms with van der Waals surface area (Å²) in [7, 11) is 0. The van der Waals surface area contributed by atoms with Crippen molar-refractivity contribution in [2.24, 2.45) is 0 Å². The number of nitro groups is 1. The number of carbonyl (C=O) groups excluding carboxylic acids is 2. The van der Waals surface area contributed by atoms with Crippen LogP contribution >= 0.6 is 0 Å². The Balaban J connectivity index is 1.79. The predicted octanol–water partition coefficient (Wildman–Crippen LogP) is 5.21. The maximum Gasteiger partial charge on any atom is 0.269 e. The van der Waals surface area contributed by atoms with Crippen LogP contribution in [0.1, 0.15) is 50.0 Å². The van der Waals surface area contributed by atoms with Crippen LogP contribution in [0, 0.1) is 10.1 Å². The van der Waals surface area contributed by atoms with Crippen molar-refractivity contribution < 1.29 is 14.5 Å². The molecule has 0 atom stereocenters. The third-order valence-corrected chi connectivity index (χ3v) is 6.40. The van der Waals surface area contributed by atoms with Crippen molar-refractivity contribution in [1.29, 1.82) is 0 Å². The average Bonchev–Trinajstić information content (AvgIpc) is 2.79. The fraction of sp³-hybridized carbons (Fsp3) is 0.280. The molecule has 6 nitrogen and oxygen atoms in total. The van der Waals surface area contributed by atoms with Crippen molar-refractivity contribution in [3.8, 4) is 0 Å². The van der Waals surface area contributed by atoms with E-state index in [4.69, 9.17) is 0 Å². The lowest BCUT2D eigenvalue weighted by Crippen LogP contribution is -2.39. The lowest BCUT2D eigenvalue weighted by molar-refractivity contribution is -0.384. The quantitative estimate of drug-likeness (QED) is 0.509. The van der Waals surface area contributed by atoms with Crippen molar-refractivity contribution >= 4 is 22.9 Å². The Morgan fingerprint density at radius 2 is 1.42 bits per heavy atom. The van der Waals surface area contributed by atoms with Gasteiger partial charge in [-0.05, 0) is 43.4 Å². The highest BCUT2D eigenvalue weighted by molar-refractivity contribution is 6.07. The van der Waals surface area contributed by atoms with Crippen LogP contribution in [0.25, 0.3) is 0 Å². The Morgan fingerprint density at radius 3 is 2.00 bits per heavy atom. The van der Waals surface area contributed by atoms with Crippen molar-refractivity contribution in [3.63, 3.8) is 0 Å². The molecule has 31 heavy (non-hydrogen) atoms. The summed E-state index contributed by atoms with van der Waals surface area (Å²) in [5.41, 5.74) is 4.70. The predicted molar refractivity (Wildman–Crippen MR) is 117 cm³/mol.